The van der Waals surface area contributed by atoms with Gasteiger partial charge in [-0.15, -0.1) is 0 Å². The van der Waals surface area contributed by atoms with Crippen molar-refractivity contribution in [1.29, 1.82) is 0 Å². The number of phosphoric acid groups is 2. The van der Waals surface area contributed by atoms with Crippen molar-refractivity contribution in [1.82, 2.24) is 0 Å². The van der Waals surface area contributed by atoms with E-state index in [0.717, 1.165) is 161 Å². The van der Waals surface area contributed by atoms with E-state index in [2.05, 4.69) is 216 Å². The number of carbonyl (C=O) groups is 4. The first kappa shape index (κ1) is 101. The standard InChI is InChI=1S/C89H136O17P2/c1-5-9-13-17-21-25-29-33-37-40-41-44-47-50-54-58-62-66-70-74-87(92)100-79-84(105-88(93)75-71-67-63-59-55-51-45-36-32-28-24-20-16-12-8-4)81-103-107(95,96)101-77-83(90)78-102-108(97,98)104-82-85(106-89(94)76-72-68-64-60-56-52-48-43-39-35-31-27-23-19-15-11-7-3)80-99-86(91)73-69-65-61-57-53-49-46-42-38-34-30-26-22-18-14-10-6-2/h9-16,21-28,33-39,41,44-46,48-50,52,54-55,59,62,66-67,71,83-85,90H,5-8,17-20,29-32,40,42-43,47,51,53,56-58,60-61,63-65,68-70,72-82H2,1-4H3,(H,95,96)(H,97,98)/b13-9-,14-10-,15-11-,16-12-,25-21-,26-22-,27-23-,28-24-,37-33-,38-34-,39-35-,44-41-,45-36-,49-46-,52-48-,54-50-,59-55-,66-62-,71-67-. The zero-order valence-corrected chi connectivity index (χ0v) is 67.7. The molecule has 0 aliphatic rings. The molecule has 3 N–H and O–H groups in total. The van der Waals surface area contributed by atoms with Crippen LogP contribution in [-0.2, 0) is 65.4 Å². The third kappa shape index (κ3) is 77.3. The van der Waals surface area contributed by atoms with E-state index >= 15 is 0 Å². The molecule has 5 atom stereocenters. The van der Waals surface area contributed by atoms with Crippen LogP contribution >= 0.6 is 15.6 Å². The van der Waals surface area contributed by atoms with Crippen molar-refractivity contribution in [2.75, 3.05) is 39.6 Å². The Kier molecular flexibility index (Phi) is 73.3. The van der Waals surface area contributed by atoms with Gasteiger partial charge < -0.3 is 33.8 Å². The molecule has 604 valence electrons. The third-order valence-corrected chi connectivity index (χ3v) is 17.1. The summed E-state index contributed by atoms with van der Waals surface area (Å²) in [4.78, 5) is 73.0. The lowest BCUT2D eigenvalue weighted by atomic mass is 10.1. The molecule has 17 nitrogen and oxygen atoms in total. The Morgan fingerprint density at radius 3 is 0.824 bits per heavy atom. The first-order valence-corrected chi connectivity index (χ1v) is 42.6. The van der Waals surface area contributed by atoms with Crippen molar-refractivity contribution in [2.24, 2.45) is 0 Å². The summed E-state index contributed by atoms with van der Waals surface area (Å²) in [5.74, 6) is -2.51. The van der Waals surface area contributed by atoms with E-state index in [4.69, 9.17) is 37.0 Å². The Morgan fingerprint density at radius 1 is 0.269 bits per heavy atom. The molecule has 0 spiro atoms. The van der Waals surface area contributed by atoms with E-state index < -0.39 is 97.5 Å². The zero-order valence-electron chi connectivity index (χ0n) is 65.9. The molecular weight excluding hydrogens is 1400 g/mol. The third-order valence-electron chi connectivity index (χ3n) is 15.2. The minimum Gasteiger partial charge on any atom is -0.462 e. The average Bonchev–Trinajstić information content (AvgIpc) is 0.901. The van der Waals surface area contributed by atoms with Gasteiger partial charge in [-0.1, -0.05) is 284 Å². The number of aliphatic hydroxyl groups excluding tert-OH is 1. The van der Waals surface area contributed by atoms with Crippen molar-refractivity contribution in [3.8, 4) is 0 Å². The van der Waals surface area contributed by atoms with Crippen LogP contribution in [0, 0.1) is 0 Å². The number of hydrogen-bond donors (Lipinski definition) is 3. The fourth-order valence-electron chi connectivity index (χ4n) is 9.30. The first-order valence-electron chi connectivity index (χ1n) is 39.6. The van der Waals surface area contributed by atoms with Gasteiger partial charge in [-0.3, -0.25) is 37.3 Å². The van der Waals surface area contributed by atoms with Crippen molar-refractivity contribution < 1.29 is 80.2 Å². The van der Waals surface area contributed by atoms with Gasteiger partial charge in [0.1, 0.15) is 19.3 Å². The number of rotatable bonds is 71. The normalized spacial score (nSPS) is 15.1. The summed E-state index contributed by atoms with van der Waals surface area (Å²) in [6.07, 6.45) is 101. The lowest BCUT2D eigenvalue weighted by Crippen LogP contribution is -2.30. The average molecular weight is 1540 g/mol. The van der Waals surface area contributed by atoms with Gasteiger partial charge in [-0.05, 0) is 167 Å². The molecule has 108 heavy (non-hydrogen) atoms. The molecule has 0 aromatic carbocycles. The van der Waals surface area contributed by atoms with E-state index in [1.807, 2.05) is 30.4 Å². The fourth-order valence-corrected chi connectivity index (χ4v) is 10.9. The van der Waals surface area contributed by atoms with Gasteiger partial charge in [0, 0.05) is 19.3 Å². The molecule has 0 saturated heterocycles. The Morgan fingerprint density at radius 2 is 0.509 bits per heavy atom. The van der Waals surface area contributed by atoms with Gasteiger partial charge >= 0.3 is 39.5 Å². The van der Waals surface area contributed by atoms with Crippen molar-refractivity contribution in [3.63, 3.8) is 0 Å². The summed E-state index contributed by atoms with van der Waals surface area (Å²) in [6.45, 7) is 4.11. The van der Waals surface area contributed by atoms with E-state index in [9.17, 15) is 43.2 Å². The molecule has 0 saturated carbocycles. The molecule has 0 bridgehead atoms. The van der Waals surface area contributed by atoms with Crippen LogP contribution in [0.15, 0.2) is 231 Å². The maximum atomic E-state index is 13.1. The molecule has 0 aliphatic heterocycles. The first-order chi connectivity index (χ1) is 52.7. The minimum atomic E-state index is -5.04. The number of phosphoric ester groups is 2. The smallest absolute Gasteiger partial charge is 0.462 e. The summed E-state index contributed by atoms with van der Waals surface area (Å²) in [5, 5.41) is 10.6. The highest BCUT2D eigenvalue weighted by molar-refractivity contribution is 7.47. The Labute approximate surface area is 651 Å². The van der Waals surface area contributed by atoms with Crippen LogP contribution in [-0.4, -0.2) is 96.7 Å². The van der Waals surface area contributed by atoms with Crippen molar-refractivity contribution in [2.45, 2.75) is 264 Å². The van der Waals surface area contributed by atoms with Gasteiger partial charge in [0.05, 0.1) is 32.8 Å². The molecule has 0 heterocycles. The van der Waals surface area contributed by atoms with E-state index in [0.29, 0.717) is 32.1 Å². The number of esters is 4. The molecule has 0 fully saturated rings. The number of ether oxygens (including phenoxy) is 4. The zero-order chi connectivity index (χ0) is 78.9. The summed E-state index contributed by atoms with van der Waals surface area (Å²) in [5.41, 5.74) is 0. The SMILES string of the molecule is CC/C=C\C/C=C\C/C=C\C/C=C\C/C=C\C/C=C\CCC(=O)OCC(COP(=O)(O)OCC(O)COP(=O)(O)OCC(COC(=O)CCCCCC/C=C\C/C=C\C/C=C\C/C=C\CC)OC(=O)CCCCCC/C=C\C/C=C\C/C=C\C/C=C\CC)OC(=O)C/C=C\C/C=C\C/C=C\C/C=C\C/C=C\CC. The van der Waals surface area contributed by atoms with Crippen molar-refractivity contribution >= 4 is 39.5 Å². The minimum absolute atomic E-state index is 0.00541. The van der Waals surface area contributed by atoms with Crippen LogP contribution in [0.25, 0.3) is 0 Å². The van der Waals surface area contributed by atoms with Gasteiger partial charge in [0.25, 0.3) is 0 Å². The highest BCUT2D eigenvalue weighted by Gasteiger charge is 2.30. The maximum Gasteiger partial charge on any atom is 0.472 e. The molecule has 0 aromatic rings. The van der Waals surface area contributed by atoms with E-state index in [-0.39, 0.29) is 25.7 Å². The van der Waals surface area contributed by atoms with Crippen LogP contribution in [0.3, 0.4) is 0 Å². The van der Waals surface area contributed by atoms with E-state index in [1.54, 1.807) is 12.2 Å². The number of aliphatic hydroxyl groups is 1. The maximum absolute atomic E-state index is 13.1. The highest BCUT2D eigenvalue weighted by atomic mass is 31.2. The largest absolute Gasteiger partial charge is 0.472 e. The predicted octanol–water partition coefficient (Wildman–Crippen LogP) is 23.4. The second-order valence-corrected chi connectivity index (χ2v) is 28.0. The van der Waals surface area contributed by atoms with Crippen LogP contribution in [0.4, 0.5) is 0 Å². The van der Waals surface area contributed by atoms with Gasteiger partial charge in [0.15, 0.2) is 12.2 Å². The van der Waals surface area contributed by atoms with Crippen molar-refractivity contribution in [3.05, 3.63) is 231 Å². The predicted molar refractivity (Wildman–Crippen MR) is 444 cm³/mol. The molecular formula is C89H136O17P2. The number of allylic oxidation sites excluding steroid dienone is 37. The molecule has 5 unspecified atom stereocenters. The van der Waals surface area contributed by atoms with Crippen LogP contribution < -0.4 is 0 Å². The number of hydrogen-bond acceptors (Lipinski definition) is 15. The number of unbranched alkanes of at least 4 members (excludes halogenated alkanes) is 8. The van der Waals surface area contributed by atoms with Gasteiger partial charge in [0.2, 0.25) is 0 Å². The van der Waals surface area contributed by atoms with Crippen LogP contribution in [0.5, 0.6) is 0 Å². The van der Waals surface area contributed by atoms with Crippen LogP contribution in [0.1, 0.15) is 246 Å². The van der Waals surface area contributed by atoms with E-state index in [1.165, 1.54) is 0 Å². The molecule has 0 aromatic heterocycles. The second kappa shape index (κ2) is 78.2. The topological polar surface area (TPSA) is 237 Å². The summed E-state index contributed by atoms with van der Waals surface area (Å²) >= 11 is 0. The lowest BCUT2D eigenvalue weighted by molar-refractivity contribution is -0.161. The molecule has 0 rings (SSSR count). The summed E-state index contributed by atoms with van der Waals surface area (Å²) in [6, 6.07) is 0. The highest BCUT2D eigenvalue weighted by Crippen LogP contribution is 2.45. The van der Waals surface area contributed by atoms with Gasteiger partial charge in [-0.25, -0.2) is 9.13 Å². The number of carbonyl (C=O) groups excluding carboxylic acids is 4. The summed E-state index contributed by atoms with van der Waals surface area (Å²) in [7, 11) is -10.1. The quantitative estimate of drug-likeness (QED) is 0.0169. The second-order valence-electron chi connectivity index (χ2n) is 25.1. The Bertz CT molecular complexity index is 2960. The van der Waals surface area contributed by atoms with Gasteiger partial charge in [-0.2, -0.15) is 0 Å². The van der Waals surface area contributed by atoms with Crippen LogP contribution in [0.2, 0.25) is 0 Å². The lowest BCUT2D eigenvalue weighted by Gasteiger charge is -2.21. The summed E-state index contributed by atoms with van der Waals surface area (Å²) < 4.78 is 68.3. The Balaban J connectivity index is 5.58. The Hall–Kier alpha value is -6.88. The molecule has 19 heteroatoms. The monoisotopic (exact) mass is 1540 g/mol. The molecule has 0 aliphatic carbocycles. The fraction of sp³-hybridized carbons (Fsp3) is 0.528. The molecule has 0 radical (unpaired) electrons. The molecule has 0 amide bonds.